The Labute approximate surface area is 104 Å². The molecule has 1 fully saturated rings. The van der Waals surface area contributed by atoms with Crippen LogP contribution >= 0.6 is 0 Å². The zero-order valence-corrected chi connectivity index (χ0v) is 10.9. The van der Waals surface area contributed by atoms with E-state index in [1.54, 1.807) is 0 Å². The third-order valence-corrected chi connectivity index (χ3v) is 3.18. The highest BCUT2D eigenvalue weighted by Gasteiger charge is 2.42. The van der Waals surface area contributed by atoms with Crippen molar-refractivity contribution in [3.05, 3.63) is 29.8 Å². The van der Waals surface area contributed by atoms with Crippen LogP contribution < -0.4 is 10.6 Å². The van der Waals surface area contributed by atoms with Gasteiger partial charge < -0.3 is 15.4 Å². The van der Waals surface area contributed by atoms with Gasteiger partial charge in [0.25, 0.3) is 0 Å². The van der Waals surface area contributed by atoms with Crippen molar-refractivity contribution in [3.8, 4) is 0 Å². The summed E-state index contributed by atoms with van der Waals surface area (Å²) < 4.78 is 5.66. The molecule has 2 rings (SSSR count). The number of epoxide rings is 1. The van der Waals surface area contributed by atoms with Gasteiger partial charge in [0.15, 0.2) is 6.23 Å². The molecular formula is C14H22N2O. The molecule has 0 aromatic heterocycles. The van der Waals surface area contributed by atoms with Crippen molar-refractivity contribution >= 4 is 5.69 Å². The van der Waals surface area contributed by atoms with Crippen LogP contribution in [0.3, 0.4) is 0 Å². The topological polar surface area (TPSA) is 36.6 Å². The molecule has 1 saturated heterocycles. The molecule has 0 bridgehead atoms. The van der Waals surface area contributed by atoms with E-state index >= 15 is 0 Å². The third-order valence-electron chi connectivity index (χ3n) is 3.18. The molecule has 0 saturated carbocycles. The Bertz CT molecular complexity index is 367. The van der Waals surface area contributed by atoms with Crippen LogP contribution in [0.1, 0.15) is 25.8 Å². The maximum atomic E-state index is 5.66. The first-order valence-corrected chi connectivity index (χ1v) is 6.43. The standard InChI is InChI=1S/C14H22N2O/c1-4-9-15-11(3)13-14(17-13)16-12-8-6-5-7-10(12)2/h5-8,11,13-16H,4,9H2,1-3H3/t11-,13?,14?/m0/s1. The Balaban J connectivity index is 1.82. The molecule has 3 atom stereocenters. The lowest BCUT2D eigenvalue weighted by atomic mass is 10.2. The van der Waals surface area contributed by atoms with E-state index in [1.165, 1.54) is 11.3 Å². The lowest BCUT2D eigenvalue weighted by Crippen LogP contribution is -2.33. The van der Waals surface area contributed by atoms with Crippen LogP contribution in [0.4, 0.5) is 5.69 Å². The first kappa shape index (κ1) is 12.4. The molecule has 1 aromatic rings. The van der Waals surface area contributed by atoms with Crippen LogP contribution in [-0.4, -0.2) is 24.9 Å². The summed E-state index contributed by atoms with van der Waals surface area (Å²) in [5.41, 5.74) is 2.43. The molecule has 3 heteroatoms. The maximum absolute atomic E-state index is 5.66. The minimum absolute atomic E-state index is 0.162. The molecule has 0 amide bonds. The van der Waals surface area contributed by atoms with E-state index in [2.05, 4.69) is 49.6 Å². The summed E-state index contributed by atoms with van der Waals surface area (Å²) in [6.07, 6.45) is 1.61. The normalized spacial score (nSPS) is 24.4. The third kappa shape index (κ3) is 3.20. The largest absolute Gasteiger partial charge is 0.358 e. The van der Waals surface area contributed by atoms with Crippen molar-refractivity contribution in [3.63, 3.8) is 0 Å². The van der Waals surface area contributed by atoms with E-state index in [-0.39, 0.29) is 6.23 Å². The van der Waals surface area contributed by atoms with Crippen LogP contribution in [0, 0.1) is 6.92 Å². The van der Waals surface area contributed by atoms with Gasteiger partial charge in [0, 0.05) is 11.7 Å². The van der Waals surface area contributed by atoms with Crippen molar-refractivity contribution in [1.82, 2.24) is 5.32 Å². The summed E-state index contributed by atoms with van der Waals surface area (Å²) in [5, 5.41) is 6.89. The summed E-state index contributed by atoms with van der Waals surface area (Å²) in [7, 11) is 0. The number of ether oxygens (including phenoxy) is 1. The maximum Gasteiger partial charge on any atom is 0.156 e. The Morgan fingerprint density at radius 3 is 2.82 bits per heavy atom. The highest BCUT2D eigenvalue weighted by atomic mass is 16.6. The fourth-order valence-electron chi connectivity index (χ4n) is 2.00. The number of nitrogens with one attached hydrogen (secondary N) is 2. The lowest BCUT2D eigenvalue weighted by Gasteiger charge is -2.11. The Hall–Kier alpha value is -1.06. The number of aryl methyl sites for hydroxylation is 1. The van der Waals surface area contributed by atoms with Gasteiger partial charge in [-0.15, -0.1) is 0 Å². The Kier molecular flexibility index (Phi) is 4.02. The van der Waals surface area contributed by atoms with E-state index in [9.17, 15) is 0 Å². The number of rotatable bonds is 6. The van der Waals surface area contributed by atoms with Crippen molar-refractivity contribution in [2.75, 3.05) is 11.9 Å². The number of para-hydroxylation sites is 1. The Morgan fingerprint density at radius 2 is 2.12 bits per heavy atom. The quantitative estimate of drug-likeness (QED) is 0.743. The first-order chi connectivity index (χ1) is 8.22. The molecule has 2 N–H and O–H groups in total. The van der Waals surface area contributed by atoms with Crippen LogP contribution in [0.25, 0.3) is 0 Å². The minimum atomic E-state index is 0.162. The zero-order chi connectivity index (χ0) is 12.3. The van der Waals surface area contributed by atoms with Crippen molar-refractivity contribution < 1.29 is 4.74 Å². The second-order valence-corrected chi connectivity index (χ2v) is 4.72. The molecule has 17 heavy (non-hydrogen) atoms. The second-order valence-electron chi connectivity index (χ2n) is 4.72. The number of hydrogen-bond acceptors (Lipinski definition) is 3. The zero-order valence-electron chi connectivity index (χ0n) is 10.9. The average molecular weight is 234 g/mol. The number of benzene rings is 1. The van der Waals surface area contributed by atoms with Crippen molar-refractivity contribution in [2.45, 2.75) is 45.6 Å². The van der Waals surface area contributed by atoms with E-state index in [4.69, 9.17) is 4.74 Å². The van der Waals surface area contributed by atoms with Gasteiger partial charge in [0.1, 0.15) is 6.10 Å². The molecule has 3 nitrogen and oxygen atoms in total. The minimum Gasteiger partial charge on any atom is -0.358 e. The van der Waals surface area contributed by atoms with E-state index in [0.717, 1.165) is 13.0 Å². The smallest absolute Gasteiger partial charge is 0.156 e. The van der Waals surface area contributed by atoms with E-state index in [0.29, 0.717) is 12.1 Å². The second kappa shape index (κ2) is 5.52. The van der Waals surface area contributed by atoms with Gasteiger partial charge in [0.2, 0.25) is 0 Å². The van der Waals surface area contributed by atoms with Gasteiger partial charge in [-0.25, -0.2) is 0 Å². The Morgan fingerprint density at radius 1 is 1.35 bits per heavy atom. The van der Waals surface area contributed by atoms with Crippen LogP contribution in [0.2, 0.25) is 0 Å². The van der Waals surface area contributed by atoms with Gasteiger partial charge in [-0.05, 0) is 38.4 Å². The molecule has 0 spiro atoms. The predicted octanol–water partition coefficient (Wildman–Crippen LogP) is 2.52. The first-order valence-electron chi connectivity index (χ1n) is 6.43. The van der Waals surface area contributed by atoms with Crippen molar-refractivity contribution in [1.29, 1.82) is 0 Å². The summed E-state index contributed by atoms with van der Waals surface area (Å²) in [5.74, 6) is 0. The predicted molar refractivity (Wildman–Crippen MR) is 71.2 cm³/mol. The fraction of sp³-hybridized carbons (Fsp3) is 0.571. The molecule has 1 heterocycles. The highest BCUT2D eigenvalue weighted by molar-refractivity contribution is 5.51. The molecule has 1 aromatic carbocycles. The summed E-state index contributed by atoms with van der Waals surface area (Å²) >= 11 is 0. The molecule has 1 aliphatic heterocycles. The monoisotopic (exact) mass is 234 g/mol. The van der Waals surface area contributed by atoms with E-state index < -0.39 is 0 Å². The average Bonchev–Trinajstić information content (AvgIpc) is 3.08. The molecule has 1 aliphatic rings. The van der Waals surface area contributed by atoms with Crippen LogP contribution in [0.15, 0.2) is 24.3 Å². The van der Waals surface area contributed by atoms with Gasteiger partial charge in [-0.3, -0.25) is 0 Å². The highest BCUT2D eigenvalue weighted by Crippen LogP contribution is 2.28. The van der Waals surface area contributed by atoms with Gasteiger partial charge in [0.05, 0.1) is 0 Å². The SMILES string of the molecule is CCCN[C@@H](C)C1OC1Nc1ccccc1C. The van der Waals surface area contributed by atoms with E-state index in [1.807, 2.05) is 6.07 Å². The van der Waals surface area contributed by atoms with Crippen molar-refractivity contribution in [2.24, 2.45) is 0 Å². The summed E-state index contributed by atoms with van der Waals surface area (Å²) in [4.78, 5) is 0. The fourth-order valence-corrected chi connectivity index (χ4v) is 2.00. The summed E-state index contributed by atoms with van der Waals surface area (Å²) in [6.45, 7) is 7.52. The molecule has 94 valence electrons. The van der Waals surface area contributed by atoms with Gasteiger partial charge >= 0.3 is 0 Å². The van der Waals surface area contributed by atoms with Gasteiger partial charge in [-0.2, -0.15) is 0 Å². The van der Waals surface area contributed by atoms with Gasteiger partial charge in [-0.1, -0.05) is 25.1 Å². The lowest BCUT2D eigenvalue weighted by molar-refractivity contribution is 0.339. The number of anilines is 1. The van der Waals surface area contributed by atoms with Crippen LogP contribution in [-0.2, 0) is 4.74 Å². The molecule has 0 aliphatic carbocycles. The number of hydrogen-bond donors (Lipinski definition) is 2. The molecule has 2 unspecified atom stereocenters. The summed E-state index contributed by atoms with van der Waals surface area (Å²) in [6, 6.07) is 8.72. The molecular weight excluding hydrogens is 212 g/mol. The molecule has 0 radical (unpaired) electrons. The van der Waals surface area contributed by atoms with Crippen LogP contribution in [0.5, 0.6) is 0 Å².